The van der Waals surface area contributed by atoms with E-state index in [1.54, 1.807) is 32.4 Å². The molecular formula is C16H22BrNO3. The molecule has 1 aromatic carbocycles. The molecule has 0 radical (unpaired) electrons. The summed E-state index contributed by atoms with van der Waals surface area (Å²) in [4.78, 5) is 12.9. The highest BCUT2D eigenvalue weighted by Gasteiger charge is 2.20. The molecule has 1 amide bonds. The standard InChI is InChI=1S/C16H22BrNO3/c1-20-14-7-12(8-15(9-14)21-2)16(19)18-10-11-4-3-5-13(17)6-11/h7-9,11,13H,3-6,10H2,1-2H3,(H,18,19). The van der Waals surface area contributed by atoms with Gasteiger partial charge in [-0.1, -0.05) is 22.4 Å². The van der Waals surface area contributed by atoms with Crippen molar-refractivity contribution in [1.29, 1.82) is 0 Å². The van der Waals surface area contributed by atoms with E-state index in [-0.39, 0.29) is 5.91 Å². The van der Waals surface area contributed by atoms with Crippen LogP contribution in [0.1, 0.15) is 36.0 Å². The third-order valence-electron chi connectivity index (χ3n) is 3.88. The summed E-state index contributed by atoms with van der Waals surface area (Å²) >= 11 is 3.67. The van der Waals surface area contributed by atoms with E-state index in [1.807, 2.05) is 0 Å². The third kappa shape index (κ3) is 4.63. The first-order chi connectivity index (χ1) is 10.1. The van der Waals surface area contributed by atoms with Gasteiger partial charge in [-0.3, -0.25) is 4.79 Å². The smallest absolute Gasteiger partial charge is 0.251 e. The molecule has 0 bridgehead atoms. The highest BCUT2D eigenvalue weighted by Crippen LogP contribution is 2.28. The molecule has 21 heavy (non-hydrogen) atoms. The maximum absolute atomic E-state index is 12.3. The number of carbonyl (C=O) groups excluding carboxylic acids is 1. The topological polar surface area (TPSA) is 47.6 Å². The number of rotatable bonds is 5. The molecule has 1 N–H and O–H groups in total. The minimum atomic E-state index is -0.0797. The molecule has 116 valence electrons. The second kappa shape index (κ2) is 7.69. The van der Waals surface area contributed by atoms with Crippen LogP contribution in [0.15, 0.2) is 18.2 Å². The minimum Gasteiger partial charge on any atom is -0.497 e. The van der Waals surface area contributed by atoms with Crippen LogP contribution < -0.4 is 14.8 Å². The van der Waals surface area contributed by atoms with Crippen LogP contribution in [0.5, 0.6) is 11.5 Å². The van der Waals surface area contributed by atoms with Crippen molar-refractivity contribution in [3.8, 4) is 11.5 Å². The third-order valence-corrected chi connectivity index (χ3v) is 4.72. The van der Waals surface area contributed by atoms with Gasteiger partial charge in [-0.2, -0.15) is 0 Å². The molecule has 0 saturated heterocycles. The fourth-order valence-corrected chi connectivity index (χ4v) is 3.54. The van der Waals surface area contributed by atoms with Crippen LogP contribution in [0.2, 0.25) is 0 Å². The Morgan fingerprint density at radius 2 is 1.90 bits per heavy atom. The number of amides is 1. The van der Waals surface area contributed by atoms with Gasteiger partial charge in [0.15, 0.2) is 0 Å². The van der Waals surface area contributed by atoms with Crippen LogP contribution >= 0.6 is 15.9 Å². The number of hydrogen-bond acceptors (Lipinski definition) is 3. The van der Waals surface area contributed by atoms with Gasteiger partial charge in [-0.25, -0.2) is 0 Å². The predicted octanol–water partition coefficient (Wildman–Crippen LogP) is 3.39. The molecule has 4 nitrogen and oxygen atoms in total. The molecule has 2 atom stereocenters. The number of nitrogens with one attached hydrogen (secondary N) is 1. The summed E-state index contributed by atoms with van der Waals surface area (Å²) < 4.78 is 10.4. The fourth-order valence-electron chi connectivity index (χ4n) is 2.69. The van der Waals surface area contributed by atoms with Gasteiger partial charge in [-0.15, -0.1) is 0 Å². The van der Waals surface area contributed by atoms with Gasteiger partial charge in [0.05, 0.1) is 14.2 Å². The number of halogens is 1. The summed E-state index contributed by atoms with van der Waals surface area (Å²) in [7, 11) is 3.16. The van der Waals surface area contributed by atoms with Crippen molar-refractivity contribution >= 4 is 21.8 Å². The van der Waals surface area contributed by atoms with Gasteiger partial charge in [-0.05, 0) is 37.3 Å². The first kappa shape index (κ1) is 16.1. The van der Waals surface area contributed by atoms with Crippen molar-refractivity contribution in [2.24, 2.45) is 5.92 Å². The molecule has 0 heterocycles. The Labute approximate surface area is 134 Å². The maximum atomic E-state index is 12.3. The first-order valence-electron chi connectivity index (χ1n) is 7.27. The molecule has 0 aromatic heterocycles. The van der Waals surface area contributed by atoms with Crippen molar-refractivity contribution in [2.45, 2.75) is 30.5 Å². The molecule has 0 spiro atoms. The lowest BCUT2D eigenvalue weighted by molar-refractivity contribution is 0.0943. The molecule has 2 unspecified atom stereocenters. The van der Waals surface area contributed by atoms with Crippen LogP contribution in [0.4, 0.5) is 0 Å². The Kier molecular flexibility index (Phi) is 5.91. The summed E-state index contributed by atoms with van der Waals surface area (Å²) in [6.45, 7) is 0.723. The highest BCUT2D eigenvalue weighted by atomic mass is 79.9. The molecule has 1 fully saturated rings. The number of hydrogen-bond donors (Lipinski definition) is 1. The van der Waals surface area contributed by atoms with E-state index < -0.39 is 0 Å². The molecular weight excluding hydrogens is 334 g/mol. The average molecular weight is 356 g/mol. The van der Waals surface area contributed by atoms with Crippen molar-refractivity contribution in [3.63, 3.8) is 0 Å². The van der Waals surface area contributed by atoms with E-state index >= 15 is 0 Å². The lowest BCUT2D eigenvalue weighted by Gasteiger charge is -2.25. The van der Waals surface area contributed by atoms with Gasteiger partial charge in [0.1, 0.15) is 11.5 Å². The maximum Gasteiger partial charge on any atom is 0.251 e. The van der Waals surface area contributed by atoms with E-state index in [2.05, 4.69) is 21.2 Å². The first-order valence-corrected chi connectivity index (χ1v) is 8.19. The molecule has 1 aromatic rings. The minimum absolute atomic E-state index is 0.0797. The Morgan fingerprint density at radius 1 is 1.24 bits per heavy atom. The summed E-state index contributed by atoms with van der Waals surface area (Å²) in [5, 5.41) is 3.02. The number of benzene rings is 1. The second-order valence-electron chi connectivity index (χ2n) is 5.44. The number of alkyl halides is 1. The molecule has 0 aliphatic heterocycles. The number of ether oxygens (including phenoxy) is 2. The Bertz CT molecular complexity index is 470. The molecule has 1 saturated carbocycles. The molecule has 5 heteroatoms. The zero-order chi connectivity index (χ0) is 15.2. The normalized spacial score (nSPS) is 21.7. The molecule has 2 rings (SSSR count). The Hall–Kier alpha value is -1.23. The lowest BCUT2D eigenvalue weighted by atomic mass is 9.89. The van der Waals surface area contributed by atoms with Crippen molar-refractivity contribution in [1.82, 2.24) is 5.32 Å². The number of carbonyl (C=O) groups is 1. The fraction of sp³-hybridized carbons (Fsp3) is 0.562. The van der Waals surface area contributed by atoms with E-state index in [9.17, 15) is 4.79 Å². The van der Waals surface area contributed by atoms with E-state index in [0.717, 1.165) is 13.0 Å². The predicted molar refractivity (Wildman–Crippen MR) is 86.6 cm³/mol. The van der Waals surface area contributed by atoms with Gasteiger partial charge >= 0.3 is 0 Å². The number of methoxy groups -OCH3 is 2. The van der Waals surface area contributed by atoms with Crippen LogP contribution in [-0.2, 0) is 0 Å². The van der Waals surface area contributed by atoms with Gasteiger partial charge in [0.2, 0.25) is 0 Å². The second-order valence-corrected chi connectivity index (χ2v) is 6.74. The molecule has 1 aliphatic rings. The summed E-state index contributed by atoms with van der Waals surface area (Å²) in [6.07, 6.45) is 4.77. The van der Waals surface area contributed by atoms with Crippen molar-refractivity contribution in [2.75, 3.05) is 20.8 Å². The zero-order valence-electron chi connectivity index (χ0n) is 12.5. The largest absolute Gasteiger partial charge is 0.497 e. The molecule has 1 aliphatic carbocycles. The average Bonchev–Trinajstić information content (AvgIpc) is 2.52. The van der Waals surface area contributed by atoms with Crippen molar-refractivity contribution in [3.05, 3.63) is 23.8 Å². The summed E-state index contributed by atoms with van der Waals surface area (Å²) in [6, 6.07) is 5.21. The SMILES string of the molecule is COc1cc(OC)cc(C(=O)NCC2CCCC(Br)C2)c1. The quantitative estimate of drug-likeness (QED) is 0.823. The Balaban J connectivity index is 1.96. The van der Waals surface area contributed by atoms with Crippen LogP contribution in [0.25, 0.3) is 0 Å². The van der Waals surface area contributed by atoms with Crippen molar-refractivity contribution < 1.29 is 14.3 Å². The van der Waals surface area contributed by atoms with Gasteiger partial charge < -0.3 is 14.8 Å². The van der Waals surface area contributed by atoms with Crippen LogP contribution in [-0.4, -0.2) is 31.5 Å². The monoisotopic (exact) mass is 355 g/mol. The van der Waals surface area contributed by atoms with Crippen LogP contribution in [0.3, 0.4) is 0 Å². The van der Waals surface area contributed by atoms with Gasteiger partial charge in [0, 0.05) is 23.0 Å². The van der Waals surface area contributed by atoms with Gasteiger partial charge in [0.25, 0.3) is 5.91 Å². The summed E-state index contributed by atoms with van der Waals surface area (Å²) in [5.41, 5.74) is 0.567. The Morgan fingerprint density at radius 3 is 2.48 bits per heavy atom. The van der Waals surface area contributed by atoms with E-state index in [1.165, 1.54) is 19.3 Å². The lowest BCUT2D eigenvalue weighted by Crippen LogP contribution is -2.32. The van der Waals surface area contributed by atoms with E-state index in [4.69, 9.17) is 9.47 Å². The zero-order valence-corrected chi connectivity index (χ0v) is 14.1. The van der Waals surface area contributed by atoms with Crippen LogP contribution in [0, 0.1) is 5.92 Å². The highest BCUT2D eigenvalue weighted by molar-refractivity contribution is 9.09. The summed E-state index contributed by atoms with van der Waals surface area (Å²) in [5.74, 6) is 1.72. The van der Waals surface area contributed by atoms with E-state index in [0.29, 0.717) is 27.8 Å².